The maximum absolute atomic E-state index is 12.4. The van der Waals surface area contributed by atoms with Gasteiger partial charge in [0.25, 0.3) is 5.91 Å². The second kappa shape index (κ2) is 7.28. The summed E-state index contributed by atoms with van der Waals surface area (Å²) in [4.78, 5) is 14.2. The van der Waals surface area contributed by atoms with Crippen LogP contribution in [0.4, 0.5) is 0 Å². The van der Waals surface area contributed by atoms with Gasteiger partial charge in [-0.25, -0.2) is 0 Å². The number of amides is 1. The third kappa shape index (κ3) is 3.80. The van der Waals surface area contributed by atoms with Gasteiger partial charge in [-0.3, -0.25) is 9.48 Å². The van der Waals surface area contributed by atoms with Crippen LogP contribution in [-0.4, -0.2) is 40.2 Å². The van der Waals surface area contributed by atoms with Crippen molar-refractivity contribution < 1.29 is 4.79 Å². The number of carbonyl (C=O) groups excluding carboxylic acids is 1. The standard InChI is InChI=1S/C14H26N4O/c1-5-7-11(2)17(4)14(19)13-10-16-18(12(13)3)9-6-8-15/h10-11H,5-9,15H2,1-4H3. The van der Waals surface area contributed by atoms with Crippen molar-refractivity contribution in [3.63, 3.8) is 0 Å². The Balaban J connectivity index is 2.79. The lowest BCUT2D eigenvalue weighted by atomic mass is 10.1. The summed E-state index contributed by atoms with van der Waals surface area (Å²) in [6.07, 6.45) is 4.64. The Morgan fingerprint density at radius 3 is 2.84 bits per heavy atom. The molecule has 5 heteroatoms. The first kappa shape index (κ1) is 15.7. The summed E-state index contributed by atoms with van der Waals surface area (Å²) in [5.74, 6) is 0.0532. The largest absolute Gasteiger partial charge is 0.339 e. The van der Waals surface area contributed by atoms with Crippen molar-refractivity contribution in [1.82, 2.24) is 14.7 Å². The molecule has 0 fully saturated rings. The average Bonchev–Trinajstić information content (AvgIpc) is 2.76. The lowest BCUT2D eigenvalue weighted by Gasteiger charge is -2.24. The minimum atomic E-state index is 0.0532. The van der Waals surface area contributed by atoms with Gasteiger partial charge < -0.3 is 10.6 Å². The Bertz CT molecular complexity index is 414. The molecule has 19 heavy (non-hydrogen) atoms. The molecule has 0 spiro atoms. The molecule has 1 unspecified atom stereocenters. The van der Waals surface area contributed by atoms with Crippen molar-refractivity contribution >= 4 is 5.91 Å². The molecular weight excluding hydrogens is 240 g/mol. The van der Waals surface area contributed by atoms with Gasteiger partial charge in [0.2, 0.25) is 0 Å². The van der Waals surface area contributed by atoms with E-state index in [2.05, 4.69) is 18.9 Å². The van der Waals surface area contributed by atoms with Gasteiger partial charge in [-0.1, -0.05) is 13.3 Å². The van der Waals surface area contributed by atoms with Gasteiger partial charge in [0, 0.05) is 25.3 Å². The van der Waals surface area contributed by atoms with Crippen LogP contribution in [0, 0.1) is 6.92 Å². The van der Waals surface area contributed by atoms with Crippen LogP contribution in [0.15, 0.2) is 6.20 Å². The molecule has 0 saturated heterocycles. The molecule has 0 aliphatic rings. The number of rotatable bonds is 7. The van der Waals surface area contributed by atoms with E-state index in [0.717, 1.165) is 31.5 Å². The molecule has 5 nitrogen and oxygen atoms in total. The number of aromatic nitrogens is 2. The predicted molar refractivity (Wildman–Crippen MR) is 77.1 cm³/mol. The SMILES string of the molecule is CCCC(C)N(C)C(=O)c1cnn(CCCN)c1C. The highest BCUT2D eigenvalue weighted by molar-refractivity contribution is 5.95. The van der Waals surface area contributed by atoms with Crippen molar-refractivity contribution in [2.75, 3.05) is 13.6 Å². The zero-order valence-electron chi connectivity index (χ0n) is 12.5. The molecule has 0 bridgehead atoms. The maximum atomic E-state index is 12.4. The monoisotopic (exact) mass is 266 g/mol. The van der Waals surface area contributed by atoms with Crippen molar-refractivity contribution in [2.24, 2.45) is 5.73 Å². The summed E-state index contributed by atoms with van der Waals surface area (Å²) in [7, 11) is 1.86. The van der Waals surface area contributed by atoms with E-state index in [4.69, 9.17) is 5.73 Å². The molecular formula is C14H26N4O. The fourth-order valence-corrected chi connectivity index (χ4v) is 2.12. The molecule has 1 rings (SSSR count). The Morgan fingerprint density at radius 2 is 2.26 bits per heavy atom. The van der Waals surface area contributed by atoms with Gasteiger partial charge >= 0.3 is 0 Å². The fourth-order valence-electron chi connectivity index (χ4n) is 2.12. The van der Waals surface area contributed by atoms with Crippen LogP contribution in [0.1, 0.15) is 49.2 Å². The van der Waals surface area contributed by atoms with E-state index in [9.17, 15) is 4.79 Å². The predicted octanol–water partition coefficient (Wildman–Crippen LogP) is 1.80. The third-order valence-electron chi connectivity index (χ3n) is 3.60. The number of nitrogens with two attached hydrogens (primary N) is 1. The lowest BCUT2D eigenvalue weighted by Crippen LogP contribution is -2.35. The summed E-state index contributed by atoms with van der Waals surface area (Å²) in [6.45, 7) is 7.55. The quantitative estimate of drug-likeness (QED) is 0.818. The van der Waals surface area contributed by atoms with Crippen LogP contribution in [0.25, 0.3) is 0 Å². The molecule has 1 heterocycles. The van der Waals surface area contributed by atoms with Crippen molar-refractivity contribution in [3.8, 4) is 0 Å². The van der Waals surface area contributed by atoms with Crippen LogP contribution in [-0.2, 0) is 6.54 Å². The van der Waals surface area contributed by atoms with E-state index in [1.165, 1.54) is 0 Å². The zero-order chi connectivity index (χ0) is 14.4. The lowest BCUT2D eigenvalue weighted by molar-refractivity contribution is 0.0736. The molecule has 0 aliphatic carbocycles. The molecule has 0 radical (unpaired) electrons. The van der Waals surface area contributed by atoms with E-state index < -0.39 is 0 Å². The van der Waals surface area contributed by atoms with Gasteiger partial charge in [0.15, 0.2) is 0 Å². The molecule has 1 aromatic rings. The highest BCUT2D eigenvalue weighted by Gasteiger charge is 2.21. The van der Waals surface area contributed by atoms with Gasteiger partial charge in [-0.15, -0.1) is 0 Å². The van der Waals surface area contributed by atoms with E-state index in [-0.39, 0.29) is 11.9 Å². The molecule has 2 N–H and O–H groups in total. The van der Waals surface area contributed by atoms with Crippen LogP contribution in [0.3, 0.4) is 0 Å². The number of hydrogen-bond donors (Lipinski definition) is 1. The second-order valence-electron chi connectivity index (χ2n) is 5.06. The Kier molecular flexibility index (Phi) is 6.02. The number of carbonyl (C=O) groups is 1. The Labute approximate surface area is 115 Å². The first-order valence-corrected chi connectivity index (χ1v) is 7.02. The first-order chi connectivity index (χ1) is 9.02. The zero-order valence-corrected chi connectivity index (χ0v) is 12.5. The topological polar surface area (TPSA) is 64.2 Å². The number of nitrogens with zero attached hydrogens (tertiary/aromatic N) is 3. The van der Waals surface area contributed by atoms with Crippen molar-refractivity contribution in [3.05, 3.63) is 17.5 Å². The maximum Gasteiger partial charge on any atom is 0.257 e. The molecule has 0 aromatic carbocycles. The van der Waals surface area contributed by atoms with E-state index >= 15 is 0 Å². The molecule has 1 atom stereocenters. The normalized spacial score (nSPS) is 12.5. The smallest absolute Gasteiger partial charge is 0.257 e. The van der Waals surface area contributed by atoms with E-state index in [0.29, 0.717) is 12.1 Å². The number of aryl methyl sites for hydroxylation is 1. The average molecular weight is 266 g/mol. The molecule has 108 valence electrons. The number of hydrogen-bond acceptors (Lipinski definition) is 3. The molecule has 0 saturated carbocycles. The first-order valence-electron chi connectivity index (χ1n) is 7.02. The van der Waals surface area contributed by atoms with Gasteiger partial charge in [-0.05, 0) is 33.2 Å². The Morgan fingerprint density at radius 1 is 1.58 bits per heavy atom. The minimum Gasteiger partial charge on any atom is -0.339 e. The van der Waals surface area contributed by atoms with Crippen LogP contribution >= 0.6 is 0 Å². The van der Waals surface area contributed by atoms with Crippen molar-refractivity contribution in [1.29, 1.82) is 0 Å². The van der Waals surface area contributed by atoms with Crippen LogP contribution in [0.5, 0.6) is 0 Å². The van der Waals surface area contributed by atoms with Crippen LogP contribution < -0.4 is 5.73 Å². The molecule has 1 aromatic heterocycles. The summed E-state index contributed by atoms with van der Waals surface area (Å²) < 4.78 is 1.86. The summed E-state index contributed by atoms with van der Waals surface area (Å²) in [5.41, 5.74) is 7.12. The van der Waals surface area contributed by atoms with Gasteiger partial charge in [0.05, 0.1) is 11.8 Å². The van der Waals surface area contributed by atoms with Gasteiger partial charge in [0.1, 0.15) is 0 Å². The minimum absolute atomic E-state index is 0.0532. The highest BCUT2D eigenvalue weighted by atomic mass is 16.2. The highest BCUT2D eigenvalue weighted by Crippen LogP contribution is 2.14. The molecule has 0 aliphatic heterocycles. The summed E-state index contributed by atoms with van der Waals surface area (Å²) in [6, 6.07) is 0.254. The second-order valence-corrected chi connectivity index (χ2v) is 5.06. The fraction of sp³-hybridized carbons (Fsp3) is 0.714. The van der Waals surface area contributed by atoms with E-state index in [1.807, 2.05) is 18.7 Å². The van der Waals surface area contributed by atoms with Crippen molar-refractivity contribution in [2.45, 2.75) is 52.6 Å². The molecule has 1 amide bonds. The Hall–Kier alpha value is -1.36. The third-order valence-corrected chi connectivity index (χ3v) is 3.60. The van der Waals surface area contributed by atoms with E-state index in [1.54, 1.807) is 11.1 Å². The summed E-state index contributed by atoms with van der Waals surface area (Å²) >= 11 is 0. The summed E-state index contributed by atoms with van der Waals surface area (Å²) in [5, 5.41) is 4.28. The van der Waals surface area contributed by atoms with Crippen LogP contribution in [0.2, 0.25) is 0 Å². The van der Waals surface area contributed by atoms with Gasteiger partial charge in [-0.2, -0.15) is 5.10 Å².